The van der Waals surface area contributed by atoms with Crippen molar-refractivity contribution in [2.45, 2.75) is 0 Å². The maximum absolute atomic E-state index is 12.6. The van der Waals surface area contributed by atoms with Gasteiger partial charge in [-0.25, -0.2) is 4.79 Å². The van der Waals surface area contributed by atoms with E-state index in [9.17, 15) is 9.18 Å². The van der Waals surface area contributed by atoms with Crippen LogP contribution in [-0.4, -0.2) is 16.2 Å². The lowest BCUT2D eigenvalue weighted by Gasteiger charge is -1.83. The minimum atomic E-state index is -1.17. The first-order valence-electron chi connectivity index (χ1n) is 3.62. The zero-order chi connectivity index (χ0) is 10.1. The number of aromatic nitrogens is 1. The largest absolute Gasteiger partial charge is 0.476 e. The van der Waals surface area contributed by atoms with Gasteiger partial charge in [-0.05, 0) is 12.1 Å². The van der Waals surface area contributed by atoms with E-state index >= 15 is 0 Å². The molecule has 0 aliphatic carbocycles. The van der Waals surface area contributed by atoms with Crippen LogP contribution in [-0.2, 0) is 0 Å². The Morgan fingerprint density at radius 1 is 1.57 bits per heavy atom. The zero-order valence-electron chi connectivity index (χ0n) is 6.73. The third-order valence-electron chi connectivity index (χ3n) is 1.55. The van der Waals surface area contributed by atoms with E-state index in [2.05, 4.69) is 5.16 Å². The Morgan fingerprint density at radius 3 is 2.86 bits per heavy atom. The summed E-state index contributed by atoms with van der Waals surface area (Å²) in [5, 5.41) is 11.5. The van der Waals surface area contributed by atoms with Gasteiger partial charge in [-0.1, -0.05) is 5.16 Å². The summed E-state index contributed by atoms with van der Waals surface area (Å²) in [7, 11) is 0. The molecule has 14 heavy (non-hydrogen) atoms. The van der Waals surface area contributed by atoms with Gasteiger partial charge in [0.05, 0.1) is 4.88 Å². The molecule has 2 heterocycles. The molecular weight excluding hydrogens is 209 g/mol. The maximum atomic E-state index is 12.6. The number of halogens is 1. The number of hydrogen-bond donors (Lipinski definition) is 1. The number of carbonyl (C=O) groups is 1. The standard InChI is InChI=1S/C8H4FNO3S/c9-7-2-1-6(14-7)5-3-4(8(11)12)10-13-5/h1-3H,(H,11,12). The van der Waals surface area contributed by atoms with Crippen LogP contribution in [0.3, 0.4) is 0 Å². The molecule has 0 unspecified atom stereocenters. The van der Waals surface area contributed by atoms with Gasteiger partial charge in [0.25, 0.3) is 0 Å². The number of thiophene rings is 1. The fourth-order valence-corrected chi connectivity index (χ4v) is 1.62. The fraction of sp³-hybridized carbons (Fsp3) is 0. The Bertz CT molecular complexity index is 476. The molecule has 0 amide bonds. The quantitative estimate of drug-likeness (QED) is 0.830. The van der Waals surface area contributed by atoms with Crippen LogP contribution >= 0.6 is 11.3 Å². The van der Waals surface area contributed by atoms with E-state index in [-0.39, 0.29) is 16.6 Å². The Balaban J connectivity index is 2.38. The number of aromatic carboxylic acids is 1. The van der Waals surface area contributed by atoms with Gasteiger partial charge < -0.3 is 9.63 Å². The lowest BCUT2D eigenvalue weighted by atomic mass is 10.3. The predicted octanol–water partition coefficient (Wildman–Crippen LogP) is 2.24. The maximum Gasteiger partial charge on any atom is 0.358 e. The third-order valence-corrected chi connectivity index (χ3v) is 2.43. The summed E-state index contributed by atoms with van der Waals surface area (Å²) in [6.45, 7) is 0. The van der Waals surface area contributed by atoms with E-state index in [4.69, 9.17) is 9.63 Å². The molecule has 2 aromatic rings. The van der Waals surface area contributed by atoms with Crippen molar-refractivity contribution in [1.29, 1.82) is 0 Å². The van der Waals surface area contributed by atoms with Gasteiger partial charge in [0.2, 0.25) is 0 Å². The molecule has 0 aromatic carbocycles. The van der Waals surface area contributed by atoms with Gasteiger partial charge in [-0.2, -0.15) is 4.39 Å². The van der Waals surface area contributed by atoms with Gasteiger partial charge in [0.1, 0.15) is 0 Å². The molecule has 72 valence electrons. The van der Waals surface area contributed by atoms with Crippen molar-refractivity contribution < 1.29 is 18.8 Å². The summed E-state index contributed by atoms with van der Waals surface area (Å²) >= 11 is 0.873. The number of rotatable bonds is 2. The average molecular weight is 213 g/mol. The highest BCUT2D eigenvalue weighted by Crippen LogP contribution is 2.27. The first-order valence-corrected chi connectivity index (χ1v) is 4.44. The lowest BCUT2D eigenvalue weighted by molar-refractivity contribution is 0.0686. The third kappa shape index (κ3) is 1.51. The normalized spacial score (nSPS) is 10.4. The van der Waals surface area contributed by atoms with Crippen LogP contribution in [0.1, 0.15) is 10.5 Å². The first kappa shape index (κ1) is 8.89. The average Bonchev–Trinajstić information content (AvgIpc) is 2.70. The highest BCUT2D eigenvalue weighted by molar-refractivity contribution is 7.13. The summed E-state index contributed by atoms with van der Waals surface area (Å²) in [5.41, 5.74) is -0.186. The molecule has 0 aliphatic rings. The van der Waals surface area contributed by atoms with Crippen LogP contribution in [0.25, 0.3) is 10.6 Å². The minimum absolute atomic E-state index is 0.186. The second-order valence-electron chi connectivity index (χ2n) is 2.49. The lowest BCUT2D eigenvalue weighted by Crippen LogP contribution is -1.94. The van der Waals surface area contributed by atoms with Crippen molar-refractivity contribution in [3.8, 4) is 10.6 Å². The fourth-order valence-electron chi connectivity index (χ4n) is 0.939. The SMILES string of the molecule is O=C(O)c1cc(-c2ccc(F)s2)on1. The molecule has 2 rings (SSSR count). The van der Waals surface area contributed by atoms with Crippen molar-refractivity contribution in [3.05, 3.63) is 29.0 Å². The van der Waals surface area contributed by atoms with E-state index in [0.29, 0.717) is 4.88 Å². The van der Waals surface area contributed by atoms with Crippen LogP contribution in [0.2, 0.25) is 0 Å². The summed E-state index contributed by atoms with van der Waals surface area (Å²) in [6, 6.07) is 4.04. The Hall–Kier alpha value is -1.69. The molecule has 4 nitrogen and oxygen atoms in total. The van der Waals surface area contributed by atoms with E-state index in [0.717, 1.165) is 11.3 Å². The van der Waals surface area contributed by atoms with Crippen LogP contribution in [0.4, 0.5) is 4.39 Å². The van der Waals surface area contributed by atoms with E-state index in [1.54, 1.807) is 0 Å². The minimum Gasteiger partial charge on any atom is -0.476 e. The topological polar surface area (TPSA) is 63.3 Å². The zero-order valence-corrected chi connectivity index (χ0v) is 7.55. The van der Waals surface area contributed by atoms with Crippen LogP contribution < -0.4 is 0 Å². The number of hydrogen-bond acceptors (Lipinski definition) is 4. The Kier molecular flexibility index (Phi) is 2.05. The van der Waals surface area contributed by atoms with Crippen molar-refractivity contribution in [2.75, 3.05) is 0 Å². The van der Waals surface area contributed by atoms with Crippen LogP contribution in [0.5, 0.6) is 0 Å². The second-order valence-corrected chi connectivity index (χ2v) is 3.52. The molecule has 0 spiro atoms. The monoisotopic (exact) mass is 213 g/mol. The highest BCUT2D eigenvalue weighted by atomic mass is 32.1. The summed E-state index contributed by atoms with van der Waals surface area (Å²) in [4.78, 5) is 11.0. The highest BCUT2D eigenvalue weighted by Gasteiger charge is 2.13. The van der Waals surface area contributed by atoms with Crippen molar-refractivity contribution in [3.63, 3.8) is 0 Å². The van der Waals surface area contributed by atoms with Gasteiger partial charge in [0, 0.05) is 6.07 Å². The Labute approximate surface area is 81.6 Å². The van der Waals surface area contributed by atoms with Gasteiger partial charge in [0.15, 0.2) is 16.6 Å². The number of carboxylic acids is 1. The molecule has 6 heteroatoms. The van der Waals surface area contributed by atoms with Crippen molar-refractivity contribution >= 4 is 17.3 Å². The predicted molar refractivity (Wildman–Crippen MR) is 46.7 cm³/mol. The number of nitrogens with zero attached hydrogens (tertiary/aromatic N) is 1. The summed E-state index contributed by atoms with van der Waals surface area (Å²) in [6.07, 6.45) is 0. The summed E-state index contributed by atoms with van der Waals surface area (Å²) in [5.74, 6) is -0.909. The molecule has 0 radical (unpaired) electrons. The van der Waals surface area contributed by atoms with E-state index < -0.39 is 5.97 Å². The number of carboxylic acid groups (broad SMARTS) is 1. The molecule has 0 saturated heterocycles. The molecule has 0 saturated carbocycles. The van der Waals surface area contributed by atoms with Crippen molar-refractivity contribution in [2.24, 2.45) is 0 Å². The van der Waals surface area contributed by atoms with Gasteiger partial charge >= 0.3 is 5.97 Å². The molecule has 2 aromatic heterocycles. The molecular formula is C8H4FNO3S. The smallest absolute Gasteiger partial charge is 0.358 e. The first-order chi connectivity index (χ1) is 6.66. The van der Waals surface area contributed by atoms with E-state index in [1.165, 1.54) is 18.2 Å². The van der Waals surface area contributed by atoms with E-state index in [1.807, 2.05) is 0 Å². The molecule has 0 atom stereocenters. The molecule has 1 N–H and O–H groups in total. The summed E-state index contributed by atoms with van der Waals surface area (Å²) < 4.78 is 17.4. The molecule has 0 bridgehead atoms. The van der Waals surface area contributed by atoms with Crippen LogP contribution in [0, 0.1) is 5.13 Å². The second kappa shape index (κ2) is 3.22. The van der Waals surface area contributed by atoms with Gasteiger partial charge in [-0.15, -0.1) is 11.3 Å². The van der Waals surface area contributed by atoms with Crippen molar-refractivity contribution in [1.82, 2.24) is 5.16 Å². The van der Waals surface area contributed by atoms with Crippen LogP contribution in [0.15, 0.2) is 22.7 Å². The van der Waals surface area contributed by atoms with Gasteiger partial charge in [-0.3, -0.25) is 0 Å². The Morgan fingerprint density at radius 2 is 2.36 bits per heavy atom. The molecule has 0 aliphatic heterocycles. The molecule has 0 fully saturated rings.